The Morgan fingerprint density at radius 2 is 1.68 bits per heavy atom. The molecule has 2 aromatic carbocycles. The minimum atomic E-state index is -3.56. The largest absolute Gasteiger partial charge is 0.484 e. The van der Waals surface area contributed by atoms with Crippen LogP contribution in [0.5, 0.6) is 5.75 Å². The van der Waals surface area contributed by atoms with Gasteiger partial charge in [-0.1, -0.05) is 35.0 Å². The maximum Gasteiger partial charge on any atom is 0.258 e. The van der Waals surface area contributed by atoms with E-state index in [4.69, 9.17) is 4.74 Å². The average molecular weight is 469 g/mol. The van der Waals surface area contributed by atoms with Gasteiger partial charge in [-0.3, -0.25) is 4.79 Å². The minimum Gasteiger partial charge on any atom is -0.484 e. The number of rotatable bonds is 9. The predicted octanol–water partition coefficient (Wildman–Crippen LogP) is 3.78. The average Bonchev–Trinajstić information content (AvgIpc) is 2.66. The van der Waals surface area contributed by atoms with Crippen LogP contribution < -0.4 is 14.8 Å². The lowest BCUT2D eigenvalue weighted by Crippen LogP contribution is -2.32. The first-order chi connectivity index (χ1) is 13.2. The van der Waals surface area contributed by atoms with E-state index >= 15 is 0 Å². The quantitative estimate of drug-likeness (QED) is 0.586. The van der Waals surface area contributed by atoms with Gasteiger partial charge in [-0.25, -0.2) is 13.1 Å². The molecule has 0 radical (unpaired) electrons. The molecule has 0 aliphatic heterocycles. The van der Waals surface area contributed by atoms with Crippen molar-refractivity contribution in [2.45, 2.75) is 44.2 Å². The van der Waals surface area contributed by atoms with E-state index in [0.29, 0.717) is 12.2 Å². The first-order valence-corrected chi connectivity index (χ1v) is 11.3. The summed E-state index contributed by atoms with van der Waals surface area (Å²) < 4.78 is 33.5. The third-order valence-electron chi connectivity index (χ3n) is 4.22. The Morgan fingerprint density at radius 3 is 2.25 bits per heavy atom. The van der Waals surface area contributed by atoms with Gasteiger partial charge in [0, 0.05) is 10.5 Å². The fourth-order valence-corrected chi connectivity index (χ4v) is 3.99. The van der Waals surface area contributed by atoms with Crippen molar-refractivity contribution in [2.24, 2.45) is 0 Å². The fourth-order valence-electron chi connectivity index (χ4n) is 2.40. The van der Waals surface area contributed by atoms with E-state index in [1.807, 2.05) is 45.0 Å². The lowest BCUT2D eigenvalue weighted by atomic mass is 10.1. The second-order valence-electron chi connectivity index (χ2n) is 6.53. The molecule has 1 amide bonds. The van der Waals surface area contributed by atoms with Gasteiger partial charge in [-0.2, -0.15) is 0 Å². The van der Waals surface area contributed by atoms with Crippen molar-refractivity contribution < 1.29 is 17.9 Å². The highest BCUT2D eigenvalue weighted by Crippen LogP contribution is 2.18. The summed E-state index contributed by atoms with van der Waals surface area (Å²) in [5, 5.41) is 2.86. The van der Waals surface area contributed by atoms with Gasteiger partial charge in [-0.05, 0) is 62.2 Å². The van der Waals surface area contributed by atoms with Crippen molar-refractivity contribution in [1.82, 2.24) is 10.0 Å². The molecule has 152 valence electrons. The van der Waals surface area contributed by atoms with Crippen molar-refractivity contribution in [2.75, 3.05) is 6.61 Å². The maximum absolute atomic E-state index is 12.2. The van der Waals surface area contributed by atoms with Gasteiger partial charge >= 0.3 is 0 Å². The molecular formula is C20H25BrN2O4S. The number of carbonyl (C=O) groups is 1. The molecule has 0 aliphatic carbocycles. The van der Waals surface area contributed by atoms with Crippen molar-refractivity contribution in [3.8, 4) is 5.75 Å². The molecule has 0 aliphatic rings. The molecular weight excluding hydrogens is 444 g/mol. The highest BCUT2D eigenvalue weighted by atomic mass is 79.9. The van der Waals surface area contributed by atoms with Crippen LogP contribution in [0.3, 0.4) is 0 Å². The zero-order valence-corrected chi connectivity index (χ0v) is 18.5. The second kappa shape index (κ2) is 10.0. The van der Waals surface area contributed by atoms with E-state index in [2.05, 4.69) is 26.0 Å². The van der Waals surface area contributed by atoms with Crippen LogP contribution in [-0.4, -0.2) is 27.0 Å². The highest BCUT2D eigenvalue weighted by molar-refractivity contribution is 9.10. The van der Waals surface area contributed by atoms with Crippen LogP contribution in [0.25, 0.3) is 0 Å². The molecule has 2 N–H and O–H groups in total. The molecule has 0 saturated heterocycles. The summed E-state index contributed by atoms with van der Waals surface area (Å²) >= 11 is 3.38. The standard InChI is InChI=1S/C20H25BrN2O4S/c1-4-14(2)23-28(25,26)19-11-9-18(10-12-19)27-13-20(24)22-15(3)16-5-7-17(21)8-6-16/h5-12,14-15,23H,4,13H2,1-3H3,(H,22,24). The monoisotopic (exact) mass is 468 g/mol. The van der Waals surface area contributed by atoms with Crippen molar-refractivity contribution in [1.29, 1.82) is 0 Å². The van der Waals surface area contributed by atoms with Gasteiger partial charge in [-0.15, -0.1) is 0 Å². The van der Waals surface area contributed by atoms with E-state index in [0.717, 1.165) is 10.0 Å². The zero-order chi connectivity index (χ0) is 20.7. The van der Waals surface area contributed by atoms with Gasteiger partial charge in [0.2, 0.25) is 10.0 Å². The summed E-state index contributed by atoms with van der Waals surface area (Å²) in [6.07, 6.45) is 0.703. The second-order valence-corrected chi connectivity index (χ2v) is 9.16. The van der Waals surface area contributed by atoms with Gasteiger partial charge in [0.1, 0.15) is 5.75 Å². The number of amides is 1. The first kappa shape index (κ1) is 22.4. The summed E-state index contributed by atoms with van der Waals surface area (Å²) in [4.78, 5) is 12.3. The third-order valence-corrected chi connectivity index (χ3v) is 6.35. The molecule has 0 spiro atoms. The Morgan fingerprint density at radius 1 is 1.07 bits per heavy atom. The van der Waals surface area contributed by atoms with Gasteiger partial charge in [0.15, 0.2) is 6.61 Å². The topological polar surface area (TPSA) is 84.5 Å². The van der Waals surface area contributed by atoms with Crippen LogP contribution in [0.1, 0.15) is 38.8 Å². The molecule has 2 unspecified atom stereocenters. The predicted molar refractivity (Wildman–Crippen MR) is 113 cm³/mol. The summed E-state index contributed by atoms with van der Waals surface area (Å²) in [5.74, 6) is 0.166. The number of nitrogens with one attached hydrogen (secondary N) is 2. The fraction of sp³-hybridized carbons (Fsp3) is 0.350. The van der Waals surface area contributed by atoms with E-state index < -0.39 is 10.0 Å². The van der Waals surface area contributed by atoms with E-state index in [9.17, 15) is 13.2 Å². The summed E-state index contributed by atoms with van der Waals surface area (Å²) in [6.45, 7) is 5.46. The van der Waals surface area contributed by atoms with Gasteiger partial charge < -0.3 is 10.1 Å². The Labute approximate surface area is 174 Å². The summed E-state index contributed by atoms with van der Waals surface area (Å²) in [6, 6.07) is 13.4. The number of hydrogen-bond acceptors (Lipinski definition) is 4. The van der Waals surface area contributed by atoms with Crippen molar-refractivity contribution >= 4 is 31.9 Å². The van der Waals surface area contributed by atoms with Crippen LogP contribution in [0.15, 0.2) is 57.9 Å². The number of sulfonamides is 1. The molecule has 6 nitrogen and oxygen atoms in total. The molecule has 0 fully saturated rings. The van der Waals surface area contributed by atoms with Crippen LogP contribution in [0.2, 0.25) is 0 Å². The van der Waals surface area contributed by atoms with Crippen LogP contribution in [0.4, 0.5) is 0 Å². The number of halogens is 1. The normalized spacial score (nSPS) is 13.6. The van der Waals surface area contributed by atoms with Crippen LogP contribution >= 0.6 is 15.9 Å². The van der Waals surface area contributed by atoms with Gasteiger partial charge in [0.05, 0.1) is 10.9 Å². The highest BCUT2D eigenvalue weighted by Gasteiger charge is 2.16. The Kier molecular flexibility index (Phi) is 8.03. The molecule has 0 saturated carbocycles. The molecule has 2 aromatic rings. The van der Waals surface area contributed by atoms with Gasteiger partial charge in [0.25, 0.3) is 5.91 Å². The third kappa shape index (κ3) is 6.61. The van der Waals surface area contributed by atoms with Crippen LogP contribution in [-0.2, 0) is 14.8 Å². The molecule has 0 bridgehead atoms. The Bertz CT molecular complexity index is 883. The smallest absolute Gasteiger partial charge is 0.258 e. The Balaban J connectivity index is 1.88. The number of carbonyl (C=O) groups excluding carboxylic acids is 1. The van der Waals surface area contributed by atoms with Crippen molar-refractivity contribution in [3.05, 3.63) is 58.6 Å². The minimum absolute atomic E-state index is 0.141. The first-order valence-electron chi connectivity index (χ1n) is 9.01. The molecule has 0 aromatic heterocycles. The number of hydrogen-bond donors (Lipinski definition) is 2. The molecule has 0 heterocycles. The molecule has 2 atom stereocenters. The molecule has 8 heteroatoms. The summed E-state index contributed by atoms with van der Waals surface area (Å²) in [5.41, 5.74) is 0.986. The van der Waals surface area contributed by atoms with E-state index in [-0.39, 0.29) is 29.5 Å². The number of ether oxygens (including phenoxy) is 1. The lowest BCUT2D eigenvalue weighted by molar-refractivity contribution is -0.123. The SMILES string of the molecule is CCC(C)NS(=O)(=O)c1ccc(OCC(=O)NC(C)c2ccc(Br)cc2)cc1. The molecule has 28 heavy (non-hydrogen) atoms. The Hall–Kier alpha value is -1.90. The maximum atomic E-state index is 12.2. The van der Waals surface area contributed by atoms with Crippen molar-refractivity contribution in [3.63, 3.8) is 0 Å². The van der Waals surface area contributed by atoms with Crippen LogP contribution in [0, 0.1) is 0 Å². The lowest BCUT2D eigenvalue weighted by Gasteiger charge is -2.15. The molecule has 2 rings (SSSR count). The summed E-state index contributed by atoms with van der Waals surface area (Å²) in [7, 11) is -3.56. The zero-order valence-electron chi connectivity index (χ0n) is 16.1. The van der Waals surface area contributed by atoms with E-state index in [1.54, 1.807) is 0 Å². The van der Waals surface area contributed by atoms with E-state index in [1.165, 1.54) is 24.3 Å². The number of benzene rings is 2.